The summed E-state index contributed by atoms with van der Waals surface area (Å²) in [6.45, 7) is 11.6. The number of ether oxygens (including phenoxy) is 2. The predicted molar refractivity (Wildman–Crippen MR) is 106 cm³/mol. The van der Waals surface area contributed by atoms with Crippen LogP contribution in [0.3, 0.4) is 0 Å². The SMILES string of the molecule is Cn1cccc1[C@@H]1COCCN1Cc1nc(C(C)(C)NC(=O)OC(C)(C)C)no1. The van der Waals surface area contributed by atoms with Crippen molar-refractivity contribution in [2.45, 2.75) is 58.3 Å². The molecule has 1 amide bonds. The summed E-state index contributed by atoms with van der Waals surface area (Å²) in [6.07, 6.45) is 1.50. The highest BCUT2D eigenvalue weighted by Gasteiger charge is 2.32. The lowest BCUT2D eigenvalue weighted by Gasteiger charge is -2.34. The van der Waals surface area contributed by atoms with Gasteiger partial charge in [0, 0.05) is 25.5 Å². The van der Waals surface area contributed by atoms with Gasteiger partial charge in [0.15, 0.2) is 5.82 Å². The molecule has 0 spiro atoms. The number of carbonyl (C=O) groups is 1. The summed E-state index contributed by atoms with van der Waals surface area (Å²) < 4.78 is 18.6. The highest BCUT2D eigenvalue weighted by Crippen LogP contribution is 2.26. The number of nitrogens with zero attached hydrogens (tertiary/aromatic N) is 4. The Kier molecular flexibility index (Phi) is 6.00. The van der Waals surface area contributed by atoms with Gasteiger partial charge in [0.25, 0.3) is 0 Å². The lowest BCUT2D eigenvalue weighted by Crippen LogP contribution is -2.44. The Hall–Kier alpha value is -2.39. The molecule has 3 rings (SSSR count). The highest BCUT2D eigenvalue weighted by molar-refractivity contribution is 5.68. The number of alkyl carbamates (subject to hydrolysis) is 1. The molecule has 0 aromatic carbocycles. The van der Waals surface area contributed by atoms with Crippen molar-refractivity contribution in [1.82, 2.24) is 24.9 Å². The minimum atomic E-state index is -0.827. The molecule has 1 atom stereocenters. The first-order chi connectivity index (χ1) is 13.5. The van der Waals surface area contributed by atoms with Crippen LogP contribution in [0.5, 0.6) is 0 Å². The molecule has 0 unspecified atom stereocenters. The van der Waals surface area contributed by atoms with E-state index in [0.717, 1.165) is 6.54 Å². The fraction of sp³-hybridized carbons (Fsp3) is 0.650. The van der Waals surface area contributed by atoms with Crippen molar-refractivity contribution in [3.63, 3.8) is 0 Å². The summed E-state index contributed by atoms with van der Waals surface area (Å²) in [5.74, 6) is 0.905. The molecule has 2 aromatic rings. The van der Waals surface area contributed by atoms with E-state index in [1.165, 1.54) is 5.69 Å². The number of hydrogen-bond donors (Lipinski definition) is 1. The number of hydrogen-bond acceptors (Lipinski definition) is 7. The summed E-state index contributed by atoms with van der Waals surface area (Å²) in [5, 5.41) is 6.89. The molecule has 1 aliphatic rings. The number of morpholine rings is 1. The van der Waals surface area contributed by atoms with Crippen LogP contribution in [0.2, 0.25) is 0 Å². The number of aryl methyl sites for hydroxylation is 1. The molecule has 0 aliphatic carbocycles. The third kappa shape index (κ3) is 5.36. The van der Waals surface area contributed by atoms with Crippen molar-refractivity contribution in [2.24, 2.45) is 7.05 Å². The molecular formula is C20H31N5O4. The second-order valence-corrected chi connectivity index (χ2v) is 8.87. The van der Waals surface area contributed by atoms with Gasteiger partial charge in [-0.15, -0.1) is 0 Å². The van der Waals surface area contributed by atoms with Crippen molar-refractivity contribution in [2.75, 3.05) is 19.8 Å². The monoisotopic (exact) mass is 405 g/mol. The van der Waals surface area contributed by atoms with Crippen molar-refractivity contribution in [3.05, 3.63) is 35.7 Å². The van der Waals surface area contributed by atoms with Crippen LogP contribution < -0.4 is 5.32 Å². The standard InChI is InChI=1S/C20H31N5O4/c1-19(2,3)28-18(26)22-20(4,5)17-21-16(29-23-17)12-25-10-11-27-13-15(25)14-8-7-9-24(14)6/h7-9,15H,10-13H2,1-6H3,(H,22,26)/t15-/m0/s1. The molecule has 9 nitrogen and oxygen atoms in total. The molecule has 1 N–H and O–H groups in total. The van der Waals surface area contributed by atoms with Crippen molar-refractivity contribution in [3.8, 4) is 0 Å². The molecule has 29 heavy (non-hydrogen) atoms. The number of aromatic nitrogens is 3. The first-order valence-electron chi connectivity index (χ1n) is 9.82. The van der Waals surface area contributed by atoms with Gasteiger partial charge >= 0.3 is 6.09 Å². The smallest absolute Gasteiger partial charge is 0.408 e. The fourth-order valence-corrected chi connectivity index (χ4v) is 3.28. The lowest BCUT2D eigenvalue weighted by molar-refractivity contribution is -0.0192. The van der Waals surface area contributed by atoms with E-state index in [1.54, 1.807) is 0 Å². The van der Waals surface area contributed by atoms with Gasteiger partial charge in [0.05, 0.1) is 25.8 Å². The first-order valence-corrected chi connectivity index (χ1v) is 9.82. The normalized spacial score (nSPS) is 18.6. The molecule has 2 aromatic heterocycles. The Morgan fingerprint density at radius 3 is 2.76 bits per heavy atom. The van der Waals surface area contributed by atoms with E-state index in [4.69, 9.17) is 14.0 Å². The van der Waals surface area contributed by atoms with Gasteiger partial charge in [-0.2, -0.15) is 4.98 Å². The van der Waals surface area contributed by atoms with E-state index in [-0.39, 0.29) is 6.04 Å². The van der Waals surface area contributed by atoms with E-state index >= 15 is 0 Å². The zero-order valence-electron chi connectivity index (χ0n) is 18.1. The van der Waals surface area contributed by atoms with E-state index in [0.29, 0.717) is 31.5 Å². The molecule has 0 bridgehead atoms. The zero-order chi connectivity index (χ0) is 21.2. The van der Waals surface area contributed by atoms with Gasteiger partial charge in [-0.05, 0) is 46.8 Å². The minimum Gasteiger partial charge on any atom is -0.444 e. The summed E-state index contributed by atoms with van der Waals surface area (Å²) >= 11 is 0. The van der Waals surface area contributed by atoms with Crippen molar-refractivity contribution >= 4 is 6.09 Å². The second kappa shape index (κ2) is 8.16. The summed E-state index contributed by atoms with van der Waals surface area (Å²) in [6, 6.07) is 4.24. The topological polar surface area (TPSA) is 94.7 Å². The Balaban J connectivity index is 1.69. The predicted octanol–water partition coefficient (Wildman–Crippen LogP) is 2.74. The largest absolute Gasteiger partial charge is 0.444 e. The fourth-order valence-electron chi connectivity index (χ4n) is 3.28. The van der Waals surface area contributed by atoms with E-state index in [2.05, 4.69) is 31.0 Å². The van der Waals surface area contributed by atoms with Crippen LogP contribution in [0.25, 0.3) is 0 Å². The van der Waals surface area contributed by atoms with Crippen LogP contribution >= 0.6 is 0 Å². The van der Waals surface area contributed by atoms with E-state index in [1.807, 2.05) is 53.9 Å². The van der Waals surface area contributed by atoms with Crippen molar-refractivity contribution in [1.29, 1.82) is 0 Å². The van der Waals surface area contributed by atoms with Crippen LogP contribution in [0.1, 0.15) is 58.1 Å². The Labute approximate surface area is 171 Å². The summed E-state index contributed by atoms with van der Waals surface area (Å²) in [5.41, 5.74) is -0.228. The molecule has 0 saturated carbocycles. The van der Waals surface area contributed by atoms with E-state index in [9.17, 15) is 4.79 Å². The zero-order valence-corrected chi connectivity index (χ0v) is 18.1. The highest BCUT2D eigenvalue weighted by atomic mass is 16.6. The van der Waals surface area contributed by atoms with Crippen LogP contribution in [-0.4, -0.2) is 51.1 Å². The number of amides is 1. The van der Waals surface area contributed by atoms with Crippen LogP contribution in [0, 0.1) is 0 Å². The maximum atomic E-state index is 12.1. The molecule has 9 heteroatoms. The third-order valence-electron chi connectivity index (χ3n) is 4.74. The molecule has 0 radical (unpaired) electrons. The molecule has 160 valence electrons. The third-order valence-corrected chi connectivity index (χ3v) is 4.74. The van der Waals surface area contributed by atoms with Gasteiger partial charge in [0.1, 0.15) is 11.1 Å². The molecule has 1 saturated heterocycles. The number of nitrogens with one attached hydrogen (secondary N) is 1. The summed E-state index contributed by atoms with van der Waals surface area (Å²) in [7, 11) is 2.03. The van der Waals surface area contributed by atoms with Crippen LogP contribution in [-0.2, 0) is 28.6 Å². The molecule has 1 fully saturated rings. The van der Waals surface area contributed by atoms with Crippen molar-refractivity contribution < 1.29 is 18.8 Å². The maximum absolute atomic E-state index is 12.1. The van der Waals surface area contributed by atoms with Crippen LogP contribution in [0.4, 0.5) is 4.79 Å². The average Bonchev–Trinajstić information content (AvgIpc) is 3.22. The molecular weight excluding hydrogens is 374 g/mol. The maximum Gasteiger partial charge on any atom is 0.408 e. The quantitative estimate of drug-likeness (QED) is 0.817. The average molecular weight is 405 g/mol. The van der Waals surface area contributed by atoms with Gasteiger partial charge in [0.2, 0.25) is 5.89 Å². The Bertz CT molecular complexity index is 836. The van der Waals surface area contributed by atoms with Gasteiger partial charge in [-0.25, -0.2) is 4.79 Å². The first kappa shape index (κ1) is 21.3. The lowest BCUT2D eigenvalue weighted by atomic mass is 10.1. The Morgan fingerprint density at radius 1 is 1.34 bits per heavy atom. The van der Waals surface area contributed by atoms with Crippen LogP contribution in [0.15, 0.2) is 22.9 Å². The van der Waals surface area contributed by atoms with Gasteiger partial charge in [-0.3, -0.25) is 4.90 Å². The van der Waals surface area contributed by atoms with Gasteiger partial charge in [-0.1, -0.05) is 5.16 Å². The van der Waals surface area contributed by atoms with Gasteiger partial charge < -0.3 is 23.9 Å². The Morgan fingerprint density at radius 2 is 2.10 bits per heavy atom. The number of carbonyl (C=O) groups excluding carboxylic acids is 1. The summed E-state index contributed by atoms with van der Waals surface area (Å²) in [4.78, 5) is 18.9. The molecule has 1 aliphatic heterocycles. The molecule has 3 heterocycles. The number of rotatable bonds is 5. The van der Waals surface area contributed by atoms with E-state index < -0.39 is 17.2 Å². The second-order valence-electron chi connectivity index (χ2n) is 8.87. The minimum absolute atomic E-state index is 0.118.